The lowest BCUT2D eigenvalue weighted by atomic mass is 9.85. The quantitative estimate of drug-likeness (QED) is 0.137. The van der Waals surface area contributed by atoms with Crippen molar-refractivity contribution in [3.8, 4) is 67.3 Å². The van der Waals surface area contributed by atoms with Gasteiger partial charge in [0, 0.05) is 117 Å². The summed E-state index contributed by atoms with van der Waals surface area (Å²) in [5.41, 5.74) is 29.9. The monoisotopic (exact) mass is 1840 g/mol. The van der Waals surface area contributed by atoms with Crippen LogP contribution in [0.15, 0.2) is 313 Å². The molecule has 6 nitrogen and oxygen atoms in total. The summed E-state index contributed by atoms with van der Waals surface area (Å²) in [6.07, 6.45) is 0. The third-order valence-electron chi connectivity index (χ3n) is 29.5. The second-order valence-corrected chi connectivity index (χ2v) is 51.1. The summed E-state index contributed by atoms with van der Waals surface area (Å²) in [5.74, 6) is 0. The Morgan fingerprint density at radius 3 is 0.562 bits per heavy atom. The topological polar surface area (TPSA) is 53.9 Å². The highest BCUT2D eigenvalue weighted by molar-refractivity contribution is 7.92. The van der Waals surface area contributed by atoms with Gasteiger partial charge in [-0.3, -0.25) is 0 Å². The fourth-order valence-corrected chi connectivity index (χ4v) is 25.7. The summed E-state index contributed by atoms with van der Waals surface area (Å²) in [4.78, 5) is 0.553. The Morgan fingerprint density at radius 1 is 0.182 bits per heavy atom. The molecule has 0 N–H and O–H groups in total. The minimum absolute atomic E-state index is 0.0362. The number of hydrogen-bond acceptors (Lipinski definition) is 4. The van der Waals surface area contributed by atoms with Gasteiger partial charge in [-0.05, 0) is 303 Å². The zero-order valence-electron chi connectivity index (χ0n) is 83.7. The molecule has 0 aliphatic rings. The van der Waals surface area contributed by atoms with Crippen LogP contribution < -0.4 is 0 Å². The Labute approximate surface area is 814 Å². The van der Waals surface area contributed by atoms with E-state index < -0.39 is 9.84 Å². The Balaban J connectivity index is 0.763. The second-order valence-electron chi connectivity index (χ2n) is 47.1. The molecule has 0 aliphatic carbocycles. The first-order chi connectivity index (χ1) is 64.7. The average molecular weight is 1840 g/mol. The Morgan fingerprint density at radius 2 is 0.365 bits per heavy atom. The maximum absolute atomic E-state index is 18.7. The van der Waals surface area contributed by atoms with Crippen molar-refractivity contribution in [2.24, 2.45) is 0 Å². The van der Waals surface area contributed by atoms with Crippen LogP contribution in [0.4, 0.5) is 0 Å². The van der Waals surface area contributed by atoms with Crippen molar-refractivity contribution in [3.63, 3.8) is 0 Å². The molecule has 0 bridgehead atoms. The van der Waals surface area contributed by atoms with Gasteiger partial charge in [0.2, 0.25) is 9.84 Å². The van der Waals surface area contributed by atoms with Crippen molar-refractivity contribution in [1.29, 1.82) is 0 Å². The summed E-state index contributed by atoms with van der Waals surface area (Å²) in [7, 11) is -4.69. The molecule has 0 fully saturated rings. The normalized spacial score (nSPS) is 13.3. The summed E-state index contributed by atoms with van der Waals surface area (Å²) in [6, 6.07) is 113. The molecule has 684 valence electrons. The Kier molecular flexibility index (Phi) is 20.3. The summed E-state index contributed by atoms with van der Waals surface area (Å²) >= 11 is 3.31. The number of rotatable bonds is 10. The molecule has 22 rings (SSSR count). The molecule has 0 saturated heterocycles. The predicted octanol–water partition coefficient (Wildman–Crippen LogP) is 36.7. The largest absolute Gasteiger partial charge is 0.309 e. The number of hydrogen-bond donors (Lipinski definition) is 0. The van der Waals surface area contributed by atoms with E-state index in [0.717, 1.165) is 130 Å². The molecule has 0 aliphatic heterocycles. The first-order valence-corrected chi connectivity index (χ1v) is 51.8. The number of fused-ring (bicyclic) bond motifs is 18. The average Bonchev–Trinajstić information content (AvgIpc) is 1.60. The Bertz CT molecular complexity index is 8120. The molecule has 137 heavy (non-hydrogen) atoms. The first-order valence-electron chi connectivity index (χ1n) is 48.7. The van der Waals surface area contributed by atoms with Crippen molar-refractivity contribution < 1.29 is 8.42 Å². The number of thiophene rings is 2. The van der Waals surface area contributed by atoms with E-state index in [0.29, 0.717) is 21.9 Å². The van der Waals surface area contributed by atoms with Crippen molar-refractivity contribution in [2.75, 3.05) is 0 Å². The number of sulfone groups is 1. The summed E-state index contributed by atoms with van der Waals surface area (Å²) < 4.78 is 50.7. The van der Waals surface area contributed by atoms with Crippen LogP contribution >= 0.6 is 22.7 Å². The molecule has 0 unspecified atom stereocenters. The van der Waals surface area contributed by atoms with Gasteiger partial charge >= 0.3 is 0 Å². The van der Waals surface area contributed by atoms with E-state index in [9.17, 15) is 0 Å². The van der Waals surface area contributed by atoms with Crippen LogP contribution in [0, 0.1) is 0 Å². The van der Waals surface area contributed by atoms with Crippen LogP contribution in [-0.4, -0.2) is 26.7 Å². The van der Waals surface area contributed by atoms with Gasteiger partial charge in [-0.15, -0.1) is 22.7 Å². The highest BCUT2D eigenvalue weighted by Gasteiger charge is 2.36. The molecular formula is C128H122N4O2S3. The predicted molar refractivity (Wildman–Crippen MR) is 593 cm³/mol. The van der Waals surface area contributed by atoms with Gasteiger partial charge in [-0.1, -0.05) is 287 Å². The lowest BCUT2D eigenvalue weighted by molar-refractivity contribution is 0.590. The van der Waals surface area contributed by atoms with E-state index in [1.165, 1.54) is 87.6 Å². The molecule has 16 aromatic carbocycles. The molecular weight excluding hydrogens is 1720 g/mol. The summed E-state index contributed by atoms with van der Waals surface area (Å²) in [5, 5.41) is 12.9. The highest BCUT2D eigenvalue weighted by Crippen LogP contribution is 2.53. The Hall–Kier alpha value is -12.9. The smallest absolute Gasteiger partial charge is 0.209 e. The molecule has 0 spiro atoms. The first kappa shape index (κ1) is 89.3. The fourth-order valence-electron chi connectivity index (χ4n) is 21.3. The lowest BCUT2D eigenvalue weighted by Crippen LogP contribution is -2.10. The van der Waals surface area contributed by atoms with Gasteiger partial charge in [0.1, 0.15) is 0 Å². The SMILES string of the molecule is CC(C)(C)c1ccc2c(c1)c1cc(C(C)(C)C)ccc1n2-c1ccc(-c2ccc3sc4ccc(-c5ccc(-n6c7ccc(C(C)(C)C)cc7c7cc(C(C)(C)C)ccc76)cc5)c(S(=O)(=O)c5c(-c6ccc(-n7c8ccc(C(C)(C)C)cc8c8cc(C(C)(C)C)ccc87)cc6)ccc6sc7ccc(-c8ccc(-n9c%10ccc(C(C)(C)C)cc%10c%10cc(C(C)(C)C)ccc%109)cc8)cc7c56)c4c3c2)cc1. The highest BCUT2D eigenvalue weighted by atomic mass is 32.2. The zero-order chi connectivity index (χ0) is 96.1. The molecule has 9 heteroatoms. The molecule has 0 amide bonds. The van der Waals surface area contributed by atoms with Gasteiger partial charge in [-0.2, -0.15) is 0 Å². The molecule has 6 aromatic heterocycles. The van der Waals surface area contributed by atoms with E-state index in [-0.39, 0.29) is 53.1 Å². The van der Waals surface area contributed by atoms with Gasteiger partial charge in [0.15, 0.2) is 0 Å². The van der Waals surface area contributed by atoms with E-state index in [1.54, 1.807) is 22.7 Å². The zero-order valence-corrected chi connectivity index (χ0v) is 86.1. The number of benzene rings is 16. The number of aromatic nitrogens is 4. The van der Waals surface area contributed by atoms with Crippen LogP contribution in [0.1, 0.15) is 211 Å². The van der Waals surface area contributed by atoms with Crippen molar-refractivity contribution >= 4 is 160 Å². The van der Waals surface area contributed by atoms with Crippen LogP contribution in [0.25, 0.3) is 195 Å². The maximum atomic E-state index is 18.7. The van der Waals surface area contributed by atoms with Gasteiger partial charge in [0.05, 0.1) is 53.9 Å². The van der Waals surface area contributed by atoms with Gasteiger partial charge < -0.3 is 18.3 Å². The van der Waals surface area contributed by atoms with Crippen molar-refractivity contribution in [1.82, 2.24) is 18.3 Å². The molecule has 0 atom stereocenters. The molecule has 6 heterocycles. The molecule has 0 radical (unpaired) electrons. The van der Waals surface area contributed by atoms with E-state index in [4.69, 9.17) is 0 Å². The van der Waals surface area contributed by atoms with Gasteiger partial charge in [0.25, 0.3) is 0 Å². The minimum atomic E-state index is -4.69. The van der Waals surface area contributed by atoms with Crippen LogP contribution in [0.2, 0.25) is 0 Å². The third-order valence-corrected chi connectivity index (χ3v) is 33.7. The van der Waals surface area contributed by atoms with Crippen molar-refractivity contribution in [3.05, 3.63) is 348 Å². The van der Waals surface area contributed by atoms with E-state index >= 15 is 8.42 Å². The van der Waals surface area contributed by atoms with Crippen molar-refractivity contribution in [2.45, 2.75) is 219 Å². The van der Waals surface area contributed by atoms with Crippen LogP contribution in [-0.2, 0) is 53.2 Å². The van der Waals surface area contributed by atoms with Crippen LogP contribution in [0.5, 0.6) is 0 Å². The number of nitrogens with zero attached hydrogens (tertiary/aromatic N) is 4. The maximum Gasteiger partial charge on any atom is 0.209 e. The molecule has 0 saturated carbocycles. The molecule has 22 aromatic rings. The lowest BCUT2D eigenvalue weighted by Gasteiger charge is -2.19. The standard InChI is InChI=1S/C128H122N4O2S3/c1-121(2,3)81-35-53-105-95(67-81)96-68-82(122(4,5)6)36-54-106(96)129(105)89-43-25-75(26-44-89)79-33-61-113-103(65-79)117-115(135-113)63-51-93(77-29-47-91(48-30-77)131-109-57-39-85(125(13,14)15)71-99(109)100-72-86(126(16,17)18)40-58-110(100)131)119(117)137(133,134)120-94(78-31-49-92(50-32-78)132-111-59-41-87(127(19,20)21)73-101(111)102-74-88(128(22,23)24)42-60-112(102)132)52-64-116-118(120)104-66-80(34-62-114(104)136-116)76-27-45-90(46-28-76)130-107-55-37-83(123(7,8)9)69-97(107)98-70-84(124(10,11)12)38-56-108(98)130/h25-74H,1-24H3. The van der Waals surface area contributed by atoms with Crippen LogP contribution in [0.3, 0.4) is 0 Å². The summed E-state index contributed by atoms with van der Waals surface area (Å²) in [6.45, 7) is 55.0. The third kappa shape index (κ3) is 15.0. The minimum Gasteiger partial charge on any atom is -0.309 e. The van der Waals surface area contributed by atoms with Gasteiger partial charge in [-0.25, -0.2) is 8.42 Å². The fraction of sp³-hybridized carbons (Fsp3) is 0.250. The second kappa shape index (κ2) is 31.1. The van der Waals surface area contributed by atoms with E-state index in [1.807, 2.05) is 0 Å². The van der Waals surface area contributed by atoms with E-state index in [2.05, 4.69) is 488 Å².